The molecule has 2 aromatic carbocycles. The number of benzene rings is 2. The summed E-state index contributed by atoms with van der Waals surface area (Å²) in [7, 11) is 0. The van der Waals surface area contributed by atoms with Gasteiger partial charge in [0.05, 0.1) is 5.52 Å². The van der Waals surface area contributed by atoms with Gasteiger partial charge in [0.25, 0.3) is 0 Å². The van der Waals surface area contributed by atoms with Crippen molar-refractivity contribution in [3.63, 3.8) is 0 Å². The standard InChI is InChI=1S/C21H17F3N3O2/c22-21(23,24)20(28)26-11-9-14(10-12-26)18-13-27(19-4-2-1-3-17(18)19)16-7-5-15(25-29)6-8-16/h1-9,13,25H,10-12H2/q-1. The lowest BCUT2D eigenvalue weighted by molar-refractivity contribution is -0.185. The summed E-state index contributed by atoms with van der Waals surface area (Å²) in [5.74, 6) is -1.80. The summed E-state index contributed by atoms with van der Waals surface area (Å²) >= 11 is 0. The van der Waals surface area contributed by atoms with Gasteiger partial charge in [0.1, 0.15) is 0 Å². The molecule has 0 aliphatic carbocycles. The van der Waals surface area contributed by atoms with Gasteiger partial charge in [-0.1, -0.05) is 24.3 Å². The number of hydrogen-bond donors (Lipinski definition) is 1. The predicted molar refractivity (Wildman–Crippen MR) is 105 cm³/mol. The van der Waals surface area contributed by atoms with Crippen molar-refractivity contribution in [3.8, 4) is 5.69 Å². The molecule has 1 aliphatic rings. The lowest BCUT2D eigenvalue weighted by atomic mass is 9.99. The van der Waals surface area contributed by atoms with Crippen LogP contribution < -0.4 is 5.48 Å². The molecule has 0 fully saturated rings. The summed E-state index contributed by atoms with van der Waals surface area (Å²) in [6.45, 7) is -0.0510. The van der Waals surface area contributed by atoms with Gasteiger partial charge in [-0.2, -0.15) is 13.2 Å². The Hall–Kier alpha value is -3.26. The average Bonchev–Trinajstić information content (AvgIpc) is 3.12. The number of amides is 1. The molecule has 29 heavy (non-hydrogen) atoms. The van der Waals surface area contributed by atoms with Crippen molar-refractivity contribution in [2.24, 2.45) is 0 Å². The van der Waals surface area contributed by atoms with E-state index in [-0.39, 0.29) is 13.1 Å². The van der Waals surface area contributed by atoms with Crippen molar-refractivity contribution < 1.29 is 18.0 Å². The molecule has 0 bridgehead atoms. The Morgan fingerprint density at radius 2 is 1.79 bits per heavy atom. The summed E-state index contributed by atoms with van der Waals surface area (Å²) < 4.78 is 40.0. The molecule has 1 aliphatic heterocycles. The maximum absolute atomic E-state index is 12.7. The van der Waals surface area contributed by atoms with E-state index in [0.29, 0.717) is 12.1 Å². The first-order chi connectivity index (χ1) is 13.9. The minimum Gasteiger partial charge on any atom is -0.761 e. The maximum Gasteiger partial charge on any atom is 0.471 e. The van der Waals surface area contributed by atoms with E-state index in [9.17, 15) is 23.2 Å². The highest BCUT2D eigenvalue weighted by Gasteiger charge is 2.42. The second-order valence-corrected chi connectivity index (χ2v) is 6.81. The van der Waals surface area contributed by atoms with Crippen molar-refractivity contribution in [2.45, 2.75) is 12.6 Å². The van der Waals surface area contributed by atoms with Gasteiger partial charge in [0.15, 0.2) is 0 Å². The molecular formula is C21H17F3N3O2-. The lowest BCUT2D eigenvalue weighted by Gasteiger charge is -2.27. The van der Waals surface area contributed by atoms with E-state index in [4.69, 9.17) is 0 Å². The third kappa shape index (κ3) is 3.58. The highest BCUT2D eigenvalue weighted by Crippen LogP contribution is 2.33. The number of aromatic nitrogens is 1. The maximum atomic E-state index is 12.7. The lowest BCUT2D eigenvalue weighted by Crippen LogP contribution is -2.43. The van der Waals surface area contributed by atoms with Crippen LogP contribution in [0, 0.1) is 5.21 Å². The molecule has 3 aromatic rings. The molecule has 0 radical (unpaired) electrons. The van der Waals surface area contributed by atoms with Gasteiger partial charge < -0.3 is 20.2 Å². The summed E-state index contributed by atoms with van der Waals surface area (Å²) in [6.07, 6.45) is -0.886. The first kappa shape index (κ1) is 19.1. The first-order valence-electron chi connectivity index (χ1n) is 9.02. The third-order valence-electron chi connectivity index (χ3n) is 5.06. The van der Waals surface area contributed by atoms with Crippen LogP contribution in [0.4, 0.5) is 18.9 Å². The van der Waals surface area contributed by atoms with E-state index in [1.807, 2.05) is 52.6 Å². The Labute approximate surface area is 164 Å². The Kier molecular flexibility index (Phi) is 4.79. The van der Waals surface area contributed by atoms with E-state index in [1.165, 1.54) is 0 Å². The fraction of sp³-hybridized carbons (Fsp3) is 0.190. The smallest absolute Gasteiger partial charge is 0.471 e. The number of hydrogen-bond acceptors (Lipinski definition) is 3. The molecule has 0 saturated heterocycles. The van der Waals surface area contributed by atoms with Crippen LogP contribution in [0.5, 0.6) is 0 Å². The van der Waals surface area contributed by atoms with Crippen LogP contribution in [-0.2, 0) is 4.79 Å². The SMILES string of the molecule is O=C(N1CC=C(c2cn(-c3ccc(N[O-])cc3)c3ccccc23)CC1)C(F)(F)F. The molecule has 0 spiro atoms. The molecule has 8 heteroatoms. The Bertz CT molecular complexity index is 1080. The zero-order valence-corrected chi connectivity index (χ0v) is 15.2. The van der Waals surface area contributed by atoms with Crippen LogP contribution >= 0.6 is 0 Å². The Morgan fingerprint density at radius 3 is 2.41 bits per heavy atom. The number of fused-ring (bicyclic) bond motifs is 1. The van der Waals surface area contributed by atoms with E-state index in [2.05, 4.69) is 0 Å². The van der Waals surface area contributed by atoms with Gasteiger partial charge in [-0.05, 0) is 42.3 Å². The average molecular weight is 400 g/mol. The topological polar surface area (TPSA) is 60.3 Å². The number of para-hydroxylation sites is 1. The number of anilines is 1. The minimum atomic E-state index is -4.85. The van der Waals surface area contributed by atoms with Crippen LogP contribution in [0.1, 0.15) is 12.0 Å². The molecule has 1 amide bonds. The summed E-state index contributed by atoms with van der Waals surface area (Å²) in [5, 5.41) is 11.7. The third-order valence-corrected chi connectivity index (χ3v) is 5.06. The first-order valence-corrected chi connectivity index (χ1v) is 9.02. The predicted octanol–water partition coefficient (Wildman–Crippen LogP) is 4.72. The molecule has 150 valence electrons. The second-order valence-electron chi connectivity index (χ2n) is 6.81. The number of rotatable bonds is 3. The highest BCUT2D eigenvalue weighted by atomic mass is 19.4. The molecule has 0 saturated carbocycles. The van der Waals surface area contributed by atoms with Crippen molar-refractivity contribution in [1.82, 2.24) is 9.47 Å². The summed E-state index contributed by atoms with van der Waals surface area (Å²) in [6, 6.07) is 14.7. The number of nitrogens with one attached hydrogen (secondary N) is 1. The Balaban J connectivity index is 1.70. The molecule has 2 heterocycles. The quantitative estimate of drug-likeness (QED) is 0.648. The van der Waals surface area contributed by atoms with Crippen LogP contribution in [0.3, 0.4) is 0 Å². The number of alkyl halides is 3. The molecule has 1 N–H and O–H groups in total. The zero-order valence-electron chi connectivity index (χ0n) is 15.2. The number of halogens is 3. The largest absolute Gasteiger partial charge is 0.761 e. The second kappa shape index (κ2) is 7.29. The normalized spacial score (nSPS) is 14.8. The van der Waals surface area contributed by atoms with Gasteiger partial charge in [0, 0.05) is 41.6 Å². The highest BCUT2D eigenvalue weighted by molar-refractivity contribution is 5.95. The summed E-state index contributed by atoms with van der Waals surface area (Å²) in [4.78, 5) is 12.3. The van der Waals surface area contributed by atoms with Crippen molar-refractivity contribution in [1.29, 1.82) is 0 Å². The van der Waals surface area contributed by atoms with E-state index >= 15 is 0 Å². The van der Waals surface area contributed by atoms with E-state index < -0.39 is 12.1 Å². The van der Waals surface area contributed by atoms with Crippen molar-refractivity contribution in [3.05, 3.63) is 71.6 Å². The van der Waals surface area contributed by atoms with Crippen LogP contribution in [0.25, 0.3) is 22.2 Å². The van der Waals surface area contributed by atoms with Gasteiger partial charge >= 0.3 is 12.1 Å². The van der Waals surface area contributed by atoms with Gasteiger partial charge in [-0.25, -0.2) is 0 Å². The molecule has 5 nitrogen and oxygen atoms in total. The number of nitrogens with zero attached hydrogens (tertiary/aromatic N) is 2. The Morgan fingerprint density at radius 1 is 1.07 bits per heavy atom. The van der Waals surface area contributed by atoms with Crippen molar-refractivity contribution >= 4 is 28.1 Å². The van der Waals surface area contributed by atoms with E-state index in [0.717, 1.165) is 32.6 Å². The number of carbonyl (C=O) groups is 1. The van der Waals surface area contributed by atoms with Gasteiger partial charge in [0.2, 0.25) is 0 Å². The molecule has 4 rings (SSSR count). The molecule has 0 atom stereocenters. The van der Waals surface area contributed by atoms with Gasteiger partial charge in [-0.15, -0.1) is 0 Å². The number of carbonyl (C=O) groups excluding carboxylic acids is 1. The monoisotopic (exact) mass is 400 g/mol. The van der Waals surface area contributed by atoms with Gasteiger partial charge in [-0.3, -0.25) is 4.79 Å². The van der Waals surface area contributed by atoms with Crippen molar-refractivity contribution in [2.75, 3.05) is 18.6 Å². The fourth-order valence-electron chi connectivity index (χ4n) is 3.62. The van der Waals surface area contributed by atoms with E-state index in [1.54, 1.807) is 18.2 Å². The minimum absolute atomic E-state index is 0.0214. The van der Waals surface area contributed by atoms with Crippen LogP contribution in [0.2, 0.25) is 0 Å². The van der Waals surface area contributed by atoms with Crippen LogP contribution in [0.15, 0.2) is 60.8 Å². The summed E-state index contributed by atoms with van der Waals surface area (Å²) in [5.41, 5.74) is 5.93. The zero-order chi connectivity index (χ0) is 20.6. The molecule has 1 aromatic heterocycles. The molecule has 0 unspecified atom stereocenters. The fourth-order valence-corrected chi connectivity index (χ4v) is 3.62. The van der Waals surface area contributed by atoms with Crippen LogP contribution in [-0.4, -0.2) is 34.6 Å². The molecular weight excluding hydrogens is 383 g/mol.